The number of amides is 3. The molecule has 9 nitrogen and oxygen atoms in total. The van der Waals surface area contributed by atoms with Gasteiger partial charge in [0.1, 0.15) is 0 Å². The fraction of sp³-hybridized carbons (Fsp3) is 0.292. The third-order valence-electron chi connectivity index (χ3n) is 5.10. The Kier molecular flexibility index (Phi) is 8.06. The van der Waals surface area contributed by atoms with Crippen LogP contribution < -0.4 is 24.4 Å². The van der Waals surface area contributed by atoms with Gasteiger partial charge < -0.3 is 24.4 Å². The molecule has 0 radical (unpaired) electrons. The van der Waals surface area contributed by atoms with E-state index in [1.54, 1.807) is 36.4 Å². The SMILES string of the molecule is COc1cc(/C=C2\SC(=O)N(CCNC(=O)c3cccc(N(C)C)c3)C2=O)cc(OC)c1OC. The second-order valence-corrected chi connectivity index (χ2v) is 8.49. The van der Waals surface area contributed by atoms with Gasteiger partial charge in [-0.2, -0.15) is 0 Å². The third kappa shape index (κ3) is 5.45. The van der Waals surface area contributed by atoms with Crippen LogP contribution in [0.4, 0.5) is 10.5 Å². The average molecular weight is 486 g/mol. The molecular formula is C24H27N3O6S. The van der Waals surface area contributed by atoms with Crippen molar-refractivity contribution in [1.29, 1.82) is 0 Å². The molecule has 0 saturated carbocycles. The fourth-order valence-corrected chi connectivity index (χ4v) is 4.20. The topological polar surface area (TPSA) is 97.4 Å². The largest absolute Gasteiger partial charge is 0.493 e. The molecule has 3 rings (SSSR count). The van der Waals surface area contributed by atoms with Gasteiger partial charge in [-0.05, 0) is 53.7 Å². The summed E-state index contributed by atoms with van der Waals surface area (Å²) in [5.74, 6) is 0.611. The zero-order valence-corrected chi connectivity index (χ0v) is 20.5. The minimum absolute atomic E-state index is 0.0658. The second-order valence-electron chi connectivity index (χ2n) is 7.49. The zero-order valence-electron chi connectivity index (χ0n) is 19.7. The molecule has 1 heterocycles. The lowest BCUT2D eigenvalue weighted by Gasteiger charge is -2.15. The van der Waals surface area contributed by atoms with E-state index in [0.29, 0.717) is 28.4 Å². The number of imide groups is 1. The smallest absolute Gasteiger partial charge is 0.293 e. The van der Waals surface area contributed by atoms with Gasteiger partial charge in [-0.1, -0.05) is 6.07 Å². The van der Waals surface area contributed by atoms with Crippen LogP contribution in [0.2, 0.25) is 0 Å². The average Bonchev–Trinajstić information content (AvgIpc) is 3.10. The van der Waals surface area contributed by atoms with Crippen LogP contribution in [0.1, 0.15) is 15.9 Å². The van der Waals surface area contributed by atoms with Crippen LogP contribution in [0.15, 0.2) is 41.3 Å². The van der Waals surface area contributed by atoms with Crippen LogP contribution in [-0.4, -0.2) is 70.5 Å². The minimum Gasteiger partial charge on any atom is -0.493 e. The summed E-state index contributed by atoms with van der Waals surface area (Å²) < 4.78 is 16.0. The van der Waals surface area contributed by atoms with Gasteiger partial charge in [0.05, 0.1) is 26.2 Å². The Morgan fingerprint density at radius 2 is 1.74 bits per heavy atom. The first kappa shape index (κ1) is 25.0. The van der Waals surface area contributed by atoms with E-state index in [2.05, 4.69) is 5.32 Å². The fourth-order valence-electron chi connectivity index (χ4n) is 3.34. The van der Waals surface area contributed by atoms with Crippen molar-refractivity contribution in [2.75, 3.05) is 53.4 Å². The number of hydrogen-bond acceptors (Lipinski definition) is 8. The molecule has 1 N–H and O–H groups in total. The van der Waals surface area contributed by atoms with Gasteiger partial charge in [-0.3, -0.25) is 19.3 Å². The molecule has 0 unspecified atom stereocenters. The molecule has 1 aliphatic rings. The molecule has 10 heteroatoms. The van der Waals surface area contributed by atoms with E-state index < -0.39 is 11.1 Å². The van der Waals surface area contributed by atoms with Crippen LogP contribution in [0.25, 0.3) is 6.08 Å². The van der Waals surface area contributed by atoms with Gasteiger partial charge in [0.2, 0.25) is 5.75 Å². The molecule has 0 aliphatic carbocycles. The summed E-state index contributed by atoms with van der Waals surface area (Å²) in [7, 11) is 8.29. The van der Waals surface area contributed by atoms with Gasteiger partial charge in [0.15, 0.2) is 11.5 Å². The monoisotopic (exact) mass is 485 g/mol. The van der Waals surface area contributed by atoms with Gasteiger partial charge >= 0.3 is 0 Å². The van der Waals surface area contributed by atoms with Crippen LogP contribution in [0, 0.1) is 0 Å². The molecule has 1 aliphatic heterocycles. The molecule has 0 aromatic heterocycles. The van der Waals surface area contributed by atoms with Crippen molar-refractivity contribution >= 4 is 40.6 Å². The summed E-state index contributed by atoms with van der Waals surface area (Å²) >= 11 is 0.841. The first-order valence-corrected chi connectivity index (χ1v) is 11.2. The molecule has 1 saturated heterocycles. The van der Waals surface area contributed by atoms with Crippen molar-refractivity contribution in [3.8, 4) is 17.2 Å². The first-order chi connectivity index (χ1) is 16.3. The number of carbonyl (C=O) groups excluding carboxylic acids is 3. The minimum atomic E-state index is -0.424. The predicted molar refractivity (Wildman–Crippen MR) is 132 cm³/mol. The van der Waals surface area contributed by atoms with E-state index in [0.717, 1.165) is 22.3 Å². The van der Waals surface area contributed by atoms with Crippen LogP contribution in [0.3, 0.4) is 0 Å². The maximum atomic E-state index is 12.8. The molecule has 1 fully saturated rings. The molecule has 180 valence electrons. The lowest BCUT2D eigenvalue weighted by atomic mass is 10.1. The van der Waals surface area contributed by atoms with E-state index in [-0.39, 0.29) is 23.9 Å². The van der Waals surface area contributed by atoms with E-state index in [1.807, 2.05) is 25.1 Å². The number of nitrogens with one attached hydrogen (secondary N) is 1. The van der Waals surface area contributed by atoms with E-state index in [9.17, 15) is 14.4 Å². The molecule has 2 aromatic carbocycles. The number of hydrogen-bond donors (Lipinski definition) is 1. The number of thioether (sulfide) groups is 1. The maximum Gasteiger partial charge on any atom is 0.293 e. The summed E-state index contributed by atoms with van der Waals surface area (Å²) in [5, 5.41) is 2.37. The highest BCUT2D eigenvalue weighted by atomic mass is 32.2. The van der Waals surface area contributed by atoms with Gasteiger partial charge in [0.25, 0.3) is 17.1 Å². The Morgan fingerprint density at radius 3 is 2.32 bits per heavy atom. The number of nitrogens with zero attached hydrogens (tertiary/aromatic N) is 2. The third-order valence-corrected chi connectivity index (χ3v) is 6.01. The molecule has 0 spiro atoms. The highest BCUT2D eigenvalue weighted by molar-refractivity contribution is 8.18. The predicted octanol–water partition coefficient (Wildman–Crippen LogP) is 3.24. The Labute approximate surface area is 202 Å². The number of rotatable bonds is 9. The zero-order chi connectivity index (χ0) is 24.8. The second kappa shape index (κ2) is 11.0. The van der Waals surface area contributed by atoms with E-state index in [4.69, 9.17) is 14.2 Å². The standard InChI is InChI=1S/C24H27N3O6S/c1-26(2)17-8-6-7-16(14-17)22(28)25-9-10-27-23(29)20(34-24(27)30)13-15-11-18(31-3)21(33-5)19(12-15)32-4/h6-8,11-14H,9-10H2,1-5H3,(H,25,28)/b20-13-. The number of methoxy groups -OCH3 is 3. The van der Waals surface area contributed by atoms with Gasteiger partial charge in [0, 0.05) is 38.4 Å². The van der Waals surface area contributed by atoms with Gasteiger partial charge in [-0.15, -0.1) is 0 Å². The quantitative estimate of drug-likeness (QED) is 0.541. The Bertz CT molecular complexity index is 1110. The van der Waals surface area contributed by atoms with Crippen molar-refractivity contribution in [2.24, 2.45) is 0 Å². The summed E-state index contributed by atoms with van der Waals surface area (Å²) in [6.07, 6.45) is 1.60. The molecular weight excluding hydrogens is 458 g/mol. The number of anilines is 1. The lowest BCUT2D eigenvalue weighted by Crippen LogP contribution is -2.37. The summed E-state index contributed by atoms with van der Waals surface area (Å²) in [5.41, 5.74) is 2.02. The number of benzene rings is 2. The molecule has 3 amide bonds. The lowest BCUT2D eigenvalue weighted by molar-refractivity contribution is -0.122. The molecule has 0 atom stereocenters. The maximum absolute atomic E-state index is 12.8. The van der Waals surface area contributed by atoms with Gasteiger partial charge in [-0.25, -0.2) is 0 Å². The van der Waals surface area contributed by atoms with Crippen LogP contribution >= 0.6 is 11.8 Å². The Hall–Kier alpha value is -3.66. The summed E-state index contributed by atoms with van der Waals surface area (Å²) in [6.45, 7) is 0.205. The van der Waals surface area contributed by atoms with E-state index >= 15 is 0 Å². The van der Waals surface area contributed by atoms with Crippen LogP contribution in [0.5, 0.6) is 17.2 Å². The normalized spacial score (nSPS) is 14.4. The molecule has 2 aromatic rings. The molecule has 0 bridgehead atoms. The Balaban J connectivity index is 1.68. The number of carbonyl (C=O) groups is 3. The van der Waals surface area contributed by atoms with Crippen molar-refractivity contribution < 1.29 is 28.6 Å². The summed E-state index contributed by atoms with van der Waals surface area (Å²) in [4.78, 5) is 41.0. The van der Waals surface area contributed by atoms with Crippen molar-refractivity contribution in [3.05, 3.63) is 52.4 Å². The highest BCUT2D eigenvalue weighted by Gasteiger charge is 2.34. The first-order valence-electron chi connectivity index (χ1n) is 10.4. The molecule has 34 heavy (non-hydrogen) atoms. The number of ether oxygens (including phenoxy) is 3. The van der Waals surface area contributed by atoms with Crippen LogP contribution in [-0.2, 0) is 4.79 Å². The highest BCUT2D eigenvalue weighted by Crippen LogP contribution is 2.40. The van der Waals surface area contributed by atoms with E-state index in [1.165, 1.54) is 21.3 Å². The Morgan fingerprint density at radius 1 is 1.06 bits per heavy atom. The van der Waals surface area contributed by atoms with Crippen molar-refractivity contribution in [3.63, 3.8) is 0 Å². The summed E-state index contributed by atoms with van der Waals surface area (Å²) in [6, 6.07) is 10.6. The van der Waals surface area contributed by atoms with Crippen molar-refractivity contribution in [2.45, 2.75) is 0 Å². The van der Waals surface area contributed by atoms with Crippen molar-refractivity contribution in [1.82, 2.24) is 10.2 Å².